The van der Waals surface area contributed by atoms with Crippen LogP contribution in [-0.2, 0) is 0 Å². The van der Waals surface area contributed by atoms with Gasteiger partial charge in [0.1, 0.15) is 0 Å². The molecule has 1 aliphatic carbocycles. The lowest BCUT2D eigenvalue weighted by Crippen LogP contribution is -2.39. The molecule has 2 N–H and O–H groups in total. The van der Waals surface area contributed by atoms with Gasteiger partial charge in [0.2, 0.25) is 0 Å². The first-order chi connectivity index (χ1) is 10.8. The van der Waals surface area contributed by atoms with Crippen LogP contribution >= 0.6 is 0 Å². The van der Waals surface area contributed by atoms with Crippen molar-refractivity contribution < 1.29 is 0 Å². The van der Waals surface area contributed by atoms with Crippen LogP contribution in [0.2, 0.25) is 0 Å². The molecule has 116 valence electrons. The van der Waals surface area contributed by atoms with Crippen molar-refractivity contribution >= 4 is 16.7 Å². The van der Waals surface area contributed by atoms with Gasteiger partial charge in [-0.3, -0.25) is 4.99 Å². The highest BCUT2D eigenvalue weighted by molar-refractivity contribution is 5.87. The molecule has 2 aromatic rings. The van der Waals surface area contributed by atoms with Crippen LogP contribution in [0.1, 0.15) is 37.8 Å². The molecule has 22 heavy (non-hydrogen) atoms. The summed E-state index contributed by atoms with van der Waals surface area (Å²) < 4.78 is 0. The maximum absolute atomic E-state index is 4.35. The first-order valence-electron chi connectivity index (χ1n) is 8.23. The molecule has 1 aliphatic rings. The topological polar surface area (TPSA) is 36.4 Å². The van der Waals surface area contributed by atoms with E-state index in [9.17, 15) is 0 Å². The Morgan fingerprint density at radius 3 is 2.73 bits per heavy atom. The molecule has 0 saturated heterocycles. The normalized spacial score (nSPS) is 16.5. The van der Waals surface area contributed by atoms with Crippen LogP contribution < -0.4 is 10.6 Å². The first kappa shape index (κ1) is 14.9. The van der Waals surface area contributed by atoms with Crippen LogP contribution in [-0.4, -0.2) is 19.6 Å². The van der Waals surface area contributed by atoms with Gasteiger partial charge in [0.05, 0.1) is 6.04 Å². The van der Waals surface area contributed by atoms with E-state index in [1.165, 1.54) is 35.6 Å². The Kier molecular flexibility index (Phi) is 4.62. The Morgan fingerprint density at radius 1 is 1.18 bits per heavy atom. The predicted octanol–water partition coefficient (Wildman–Crippen LogP) is 3.87. The summed E-state index contributed by atoms with van der Waals surface area (Å²) in [4.78, 5) is 4.35. The van der Waals surface area contributed by atoms with E-state index < -0.39 is 0 Å². The molecule has 0 amide bonds. The van der Waals surface area contributed by atoms with Crippen molar-refractivity contribution in [3.63, 3.8) is 0 Å². The summed E-state index contributed by atoms with van der Waals surface area (Å²) in [5.74, 6) is 1.84. The fourth-order valence-electron chi connectivity index (χ4n) is 2.91. The standard InChI is InChI=1S/C19H25N3/c1-14(22-19(20-2)21-13-12-15-10-11-15)17-9-5-7-16-6-3-4-8-18(16)17/h3-9,14-15H,10-13H2,1-2H3,(H2,20,21,22). The molecule has 0 aliphatic heterocycles. The van der Waals surface area contributed by atoms with Gasteiger partial charge in [-0.15, -0.1) is 0 Å². The second kappa shape index (κ2) is 6.82. The Hall–Kier alpha value is -2.03. The van der Waals surface area contributed by atoms with Gasteiger partial charge in [0, 0.05) is 13.6 Å². The monoisotopic (exact) mass is 295 g/mol. The highest BCUT2D eigenvalue weighted by Crippen LogP contribution is 2.31. The molecule has 3 heteroatoms. The quantitative estimate of drug-likeness (QED) is 0.649. The Labute approximate surface area is 132 Å². The van der Waals surface area contributed by atoms with Crippen molar-refractivity contribution in [3.05, 3.63) is 48.0 Å². The zero-order valence-corrected chi connectivity index (χ0v) is 13.5. The van der Waals surface area contributed by atoms with Crippen LogP contribution in [0.5, 0.6) is 0 Å². The van der Waals surface area contributed by atoms with E-state index in [0.29, 0.717) is 0 Å². The van der Waals surface area contributed by atoms with E-state index >= 15 is 0 Å². The average Bonchev–Trinajstić information content (AvgIpc) is 3.37. The Bertz CT molecular complexity index is 653. The molecule has 0 aromatic heterocycles. The molecule has 3 nitrogen and oxygen atoms in total. The van der Waals surface area contributed by atoms with Crippen molar-refractivity contribution in [3.8, 4) is 0 Å². The number of guanidine groups is 1. The van der Waals surface area contributed by atoms with E-state index in [4.69, 9.17) is 0 Å². The number of nitrogens with zero attached hydrogens (tertiary/aromatic N) is 1. The fraction of sp³-hybridized carbons (Fsp3) is 0.421. The summed E-state index contributed by atoms with van der Waals surface area (Å²) in [7, 11) is 1.84. The third-order valence-corrected chi connectivity index (χ3v) is 4.41. The van der Waals surface area contributed by atoms with Gasteiger partial charge >= 0.3 is 0 Å². The van der Waals surface area contributed by atoms with Gasteiger partial charge < -0.3 is 10.6 Å². The summed E-state index contributed by atoms with van der Waals surface area (Å²) in [6.07, 6.45) is 4.06. The number of nitrogens with one attached hydrogen (secondary N) is 2. The van der Waals surface area contributed by atoms with E-state index in [2.05, 4.69) is 65.0 Å². The summed E-state index contributed by atoms with van der Waals surface area (Å²) >= 11 is 0. The lowest BCUT2D eigenvalue weighted by molar-refractivity contribution is 0.656. The van der Waals surface area contributed by atoms with Gasteiger partial charge in [0.15, 0.2) is 5.96 Å². The number of aliphatic imine (C=N–C) groups is 1. The molecule has 0 heterocycles. The Morgan fingerprint density at radius 2 is 1.95 bits per heavy atom. The molecular weight excluding hydrogens is 270 g/mol. The average molecular weight is 295 g/mol. The minimum atomic E-state index is 0.221. The zero-order chi connectivity index (χ0) is 15.4. The minimum absolute atomic E-state index is 0.221. The van der Waals surface area contributed by atoms with Crippen LogP contribution in [0.4, 0.5) is 0 Å². The largest absolute Gasteiger partial charge is 0.356 e. The number of hydrogen-bond acceptors (Lipinski definition) is 1. The third-order valence-electron chi connectivity index (χ3n) is 4.41. The number of benzene rings is 2. The first-order valence-corrected chi connectivity index (χ1v) is 8.23. The van der Waals surface area contributed by atoms with E-state index in [-0.39, 0.29) is 6.04 Å². The summed E-state index contributed by atoms with van der Waals surface area (Å²) in [5, 5.41) is 9.52. The molecule has 1 atom stereocenters. The van der Waals surface area contributed by atoms with Crippen LogP contribution in [0.15, 0.2) is 47.5 Å². The predicted molar refractivity (Wildman–Crippen MR) is 94.2 cm³/mol. The van der Waals surface area contributed by atoms with Gasteiger partial charge in [-0.2, -0.15) is 0 Å². The molecule has 0 radical (unpaired) electrons. The van der Waals surface area contributed by atoms with Crippen molar-refractivity contribution in [2.75, 3.05) is 13.6 Å². The molecule has 0 spiro atoms. The van der Waals surface area contributed by atoms with Gasteiger partial charge in [-0.1, -0.05) is 55.3 Å². The molecule has 1 unspecified atom stereocenters. The van der Waals surface area contributed by atoms with Crippen LogP contribution in [0.25, 0.3) is 10.8 Å². The summed E-state index contributed by atoms with van der Waals surface area (Å²) in [6.45, 7) is 3.20. The van der Waals surface area contributed by atoms with Crippen LogP contribution in [0.3, 0.4) is 0 Å². The number of fused-ring (bicyclic) bond motifs is 1. The SMILES string of the molecule is CN=C(NCCC1CC1)NC(C)c1cccc2ccccc12. The molecular formula is C19H25N3. The van der Waals surface area contributed by atoms with E-state index in [1.54, 1.807) is 0 Å². The highest BCUT2D eigenvalue weighted by Gasteiger charge is 2.20. The molecule has 1 saturated carbocycles. The summed E-state index contributed by atoms with van der Waals surface area (Å²) in [6, 6.07) is 15.2. The van der Waals surface area contributed by atoms with E-state index in [1.807, 2.05) is 7.05 Å². The lowest BCUT2D eigenvalue weighted by atomic mass is 10.00. The molecule has 2 aromatic carbocycles. The van der Waals surface area contributed by atoms with Crippen molar-refractivity contribution in [2.45, 2.75) is 32.2 Å². The molecule has 3 rings (SSSR count). The highest BCUT2D eigenvalue weighted by atomic mass is 15.2. The van der Waals surface area contributed by atoms with E-state index in [0.717, 1.165) is 18.4 Å². The minimum Gasteiger partial charge on any atom is -0.356 e. The molecule has 1 fully saturated rings. The maximum atomic E-state index is 4.35. The Balaban J connectivity index is 1.67. The fourth-order valence-corrected chi connectivity index (χ4v) is 2.91. The lowest BCUT2D eigenvalue weighted by Gasteiger charge is -2.19. The second-order valence-electron chi connectivity index (χ2n) is 6.17. The number of hydrogen-bond donors (Lipinski definition) is 2. The van der Waals surface area contributed by atoms with Gasteiger partial charge in [0.25, 0.3) is 0 Å². The van der Waals surface area contributed by atoms with Crippen molar-refractivity contribution in [1.29, 1.82) is 0 Å². The third kappa shape index (κ3) is 3.59. The van der Waals surface area contributed by atoms with Crippen molar-refractivity contribution in [2.24, 2.45) is 10.9 Å². The number of rotatable bonds is 5. The van der Waals surface area contributed by atoms with Gasteiger partial charge in [-0.05, 0) is 35.6 Å². The van der Waals surface area contributed by atoms with Crippen LogP contribution in [0, 0.1) is 5.92 Å². The zero-order valence-electron chi connectivity index (χ0n) is 13.5. The molecule has 0 bridgehead atoms. The smallest absolute Gasteiger partial charge is 0.191 e. The van der Waals surface area contributed by atoms with Gasteiger partial charge in [-0.25, -0.2) is 0 Å². The van der Waals surface area contributed by atoms with Crippen molar-refractivity contribution in [1.82, 2.24) is 10.6 Å². The maximum Gasteiger partial charge on any atom is 0.191 e. The second-order valence-corrected chi connectivity index (χ2v) is 6.17. The summed E-state index contributed by atoms with van der Waals surface area (Å²) in [5.41, 5.74) is 1.31.